The van der Waals surface area contributed by atoms with Gasteiger partial charge in [-0.25, -0.2) is 0 Å². The van der Waals surface area contributed by atoms with Crippen LogP contribution in [-0.2, 0) is 19.2 Å². The van der Waals surface area contributed by atoms with Crippen molar-refractivity contribution in [3.05, 3.63) is 28.8 Å². The quantitative estimate of drug-likeness (QED) is 0.541. The Labute approximate surface area is 136 Å². The summed E-state index contributed by atoms with van der Waals surface area (Å²) in [5.41, 5.74) is 0.0643. The van der Waals surface area contributed by atoms with Crippen molar-refractivity contribution in [2.75, 3.05) is 5.32 Å². The normalized spacial score (nSPS) is 25.2. The molecule has 4 amide bonds. The van der Waals surface area contributed by atoms with Gasteiger partial charge in [0.15, 0.2) is 0 Å². The van der Waals surface area contributed by atoms with Gasteiger partial charge in [0.1, 0.15) is 5.54 Å². The zero-order chi connectivity index (χ0) is 16.8. The topological polar surface area (TPSA) is 104 Å². The van der Waals surface area contributed by atoms with Crippen molar-refractivity contribution < 1.29 is 19.2 Å². The van der Waals surface area contributed by atoms with E-state index in [9.17, 15) is 19.2 Å². The Morgan fingerprint density at radius 2 is 1.96 bits per heavy atom. The van der Waals surface area contributed by atoms with Crippen LogP contribution in [0.25, 0.3) is 0 Å². The zero-order valence-corrected chi connectivity index (χ0v) is 13.0. The van der Waals surface area contributed by atoms with Crippen molar-refractivity contribution >= 4 is 40.9 Å². The molecular weight excluding hydrogens is 322 g/mol. The van der Waals surface area contributed by atoms with E-state index in [1.807, 2.05) is 6.92 Å². The smallest absolute Gasteiger partial charge is 0.313 e. The number of fused-ring (bicyclic) bond motifs is 2. The van der Waals surface area contributed by atoms with Crippen molar-refractivity contribution in [1.29, 1.82) is 0 Å². The highest BCUT2D eigenvalue weighted by Gasteiger charge is 2.58. The number of halogens is 1. The van der Waals surface area contributed by atoms with Crippen LogP contribution in [-0.4, -0.2) is 29.2 Å². The number of hydrogen-bond donors (Lipinski definition) is 3. The van der Waals surface area contributed by atoms with E-state index in [0.717, 1.165) is 5.56 Å². The molecule has 0 spiro atoms. The second-order valence-electron chi connectivity index (χ2n) is 5.90. The number of nitrogens with one attached hydrogen (secondary N) is 3. The van der Waals surface area contributed by atoms with Gasteiger partial charge in [-0.2, -0.15) is 0 Å². The van der Waals surface area contributed by atoms with E-state index in [1.54, 1.807) is 18.2 Å². The van der Waals surface area contributed by atoms with E-state index in [-0.39, 0.29) is 24.7 Å². The van der Waals surface area contributed by atoms with Gasteiger partial charge in [0.25, 0.3) is 5.91 Å². The molecule has 7 nitrogen and oxygen atoms in total. The molecule has 0 aromatic heterocycles. The number of aryl methyl sites for hydroxylation is 1. The summed E-state index contributed by atoms with van der Waals surface area (Å²) in [5.74, 6) is -3.05. The number of benzene rings is 1. The minimum Gasteiger partial charge on any atom is -0.333 e. The molecule has 120 valence electrons. The number of piperidine rings is 2. The number of anilines is 1. The summed E-state index contributed by atoms with van der Waals surface area (Å²) in [6.45, 7) is 1.85. The lowest BCUT2D eigenvalue weighted by Crippen LogP contribution is -2.73. The highest BCUT2D eigenvalue weighted by Crippen LogP contribution is 2.41. The first kappa shape index (κ1) is 15.5. The Hall–Kier alpha value is -2.41. The predicted octanol–water partition coefficient (Wildman–Crippen LogP) is 0.508. The second-order valence-corrected chi connectivity index (χ2v) is 6.30. The van der Waals surface area contributed by atoms with Gasteiger partial charge in [-0.05, 0) is 37.5 Å². The predicted molar refractivity (Wildman–Crippen MR) is 81.6 cm³/mol. The third kappa shape index (κ3) is 2.68. The van der Waals surface area contributed by atoms with E-state index >= 15 is 0 Å². The lowest BCUT2D eigenvalue weighted by molar-refractivity contribution is -0.156. The summed E-state index contributed by atoms with van der Waals surface area (Å²) in [6.07, 6.45) is 0.448. The molecule has 1 aromatic rings. The number of amides is 4. The summed E-state index contributed by atoms with van der Waals surface area (Å²) in [7, 11) is 0. The first-order valence-electron chi connectivity index (χ1n) is 7.06. The number of carbonyl (C=O) groups excluding carboxylic acids is 4. The standard InChI is InChI=1S/C15H14ClN3O4/c1-7-2-3-10(9(16)4-7)17-12(21)13(22)19-15-5-8(6-15)11(20)18-14(15)23/h2-4,8H,5-6H2,1H3,(H,17,21)(H,19,22)(H,18,20,23). The molecule has 1 saturated carbocycles. The molecular formula is C15H14ClN3O4. The molecule has 2 saturated heterocycles. The van der Waals surface area contributed by atoms with E-state index in [1.165, 1.54) is 0 Å². The van der Waals surface area contributed by atoms with E-state index in [2.05, 4.69) is 16.0 Å². The molecule has 1 aliphatic carbocycles. The molecule has 0 radical (unpaired) electrons. The molecule has 3 fully saturated rings. The number of carbonyl (C=O) groups is 4. The van der Waals surface area contributed by atoms with Gasteiger partial charge in [-0.15, -0.1) is 0 Å². The summed E-state index contributed by atoms with van der Waals surface area (Å²) in [4.78, 5) is 47.2. The average molecular weight is 336 g/mol. The number of rotatable bonds is 2. The summed E-state index contributed by atoms with van der Waals surface area (Å²) < 4.78 is 0. The van der Waals surface area contributed by atoms with Crippen LogP contribution in [0, 0.1) is 12.8 Å². The molecule has 3 aliphatic rings. The summed E-state index contributed by atoms with van der Waals surface area (Å²) in [5, 5.41) is 7.32. The maximum Gasteiger partial charge on any atom is 0.313 e. The molecule has 1 aromatic carbocycles. The molecule has 0 unspecified atom stereocenters. The van der Waals surface area contributed by atoms with Crippen LogP contribution in [0.3, 0.4) is 0 Å². The number of hydrogen-bond acceptors (Lipinski definition) is 4. The van der Waals surface area contributed by atoms with Gasteiger partial charge in [-0.1, -0.05) is 17.7 Å². The van der Waals surface area contributed by atoms with Crippen LogP contribution >= 0.6 is 11.6 Å². The van der Waals surface area contributed by atoms with Crippen LogP contribution in [0.4, 0.5) is 5.69 Å². The lowest BCUT2D eigenvalue weighted by Gasteiger charge is -2.49. The first-order valence-corrected chi connectivity index (χ1v) is 7.43. The Morgan fingerprint density at radius 1 is 1.26 bits per heavy atom. The SMILES string of the molecule is Cc1ccc(NC(=O)C(=O)NC23CC(C2)C(=O)NC3=O)c(Cl)c1. The first-order chi connectivity index (χ1) is 10.8. The molecule has 2 bridgehead atoms. The Balaban J connectivity index is 1.66. The third-order valence-electron chi connectivity index (χ3n) is 4.16. The molecule has 3 N–H and O–H groups in total. The van der Waals surface area contributed by atoms with E-state index in [4.69, 9.17) is 11.6 Å². The molecule has 2 aliphatic heterocycles. The maximum absolute atomic E-state index is 12.0. The van der Waals surface area contributed by atoms with Crippen LogP contribution < -0.4 is 16.0 Å². The minimum atomic E-state index is -1.16. The molecule has 4 rings (SSSR count). The van der Waals surface area contributed by atoms with Gasteiger partial charge >= 0.3 is 11.8 Å². The van der Waals surface area contributed by atoms with Crippen LogP contribution in [0.5, 0.6) is 0 Å². The van der Waals surface area contributed by atoms with Crippen LogP contribution in [0.15, 0.2) is 18.2 Å². The maximum atomic E-state index is 12.0. The van der Waals surface area contributed by atoms with Gasteiger partial charge in [0.05, 0.1) is 10.7 Å². The van der Waals surface area contributed by atoms with E-state index in [0.29, 0.717) is 10.7 Å². The molecule has 8 heteroatoms. The highest BCUT2D eigenvalue weighted by molar-refractivity contribution is 6.42. The highest BCUT2D eigenvalue weighted by atomic mass is 35.5. The summed E-state index contributed by atoms with van der Waals surface area (Å²) >= 11 is 6.00. The fourth-order valence-corrected chi connectivity index (χ4v) is 3.10. The third-order valence-corrected chi connectivity index (χ3v) is 4.48. The van der Waals surface area contributed by atoms with Gasteiger partial charge in [-0.3, -0.25) is 24.5 Å². The Bertz CT molecular complexity index is 740. The number of imide groups is 1. The van der Waals surface area contributed by atoms with Crippen molar-refractivity contribution in [3.63, 3.8) is 0 Å². The lowest BCUT2D eigenvalue weighted by atomic mass is 9.64. The minimum absolute atomic E-state index is 0.224. The molecule has 0 atom stereocenters. The van der Waals surface area contributed by atoms with Crippen molar-refractivity contribution in [3.8, 4) is 0 Å². The van der Waals surface area contributed by atoms with Crippen molar-refractivity contribution in [2.45, 2.75) is 25.3 Å². The fourth-order valence-electron chi connectivity index (χ4n) is 2.82. The van der Waals surface area contributed by atoms with Crippen molar-refractivity contribution in [2.24, 2.45) is 5.92 Å². The van der Waals surface area contributed by atoms with Gasteiger partial charge < -0.3 is 10.6 Å². The average Bonchev–Trinajstić information content (AvgIpc) is 2.43. The van der Waals surface area contributed by atoms with Gasteiger partial charge in [0.2, 0.25) is 5.91 Å². The zero-order valence-electron chi connectivity index (χ0n) is 12.2. The Morgan fingerprint density at radius 3 is 2.57 bits per heavy atom. The summed E-state index contributed by atoms with van der Waals surface area (Å²) in [6, 6.07) is 4.99. The Kier molecular flexibility index (Phi) is 3.60. The largest absolute Gasteiger partial charge is 0.333 e. The van der Waals surface area contributed by atoms with Crippen LogP contribution in [0.1, 0.15) is 18.4 Å². The fraction of sp³-hybridized carbons (Fsp3) is 0.333. The van der Waals surface area contributed by atoms with Crippen molar-refractivity contribution in [1.82, 2.24) is 10.6 Å². The molecule has 2 heterocycles. The van der Waals surface area contributed by atoms with Crippen LogP contribution in [0.2, 0.25) is 5.02 Å². The molecule has 23 heavy (non-hydrogen) atoms. The monoisotopic (exact) mass is 335 g/mol. The van der Waals surface area contributed by atoms with Gasteiger partial charge in [0, 0.05) is 5.92 Å². The van der Waals surface area contributed by atoms with E-state index < -0.39 is 23.3 Å². The second kappa shape index (κ2) is 5.34.